The summed E-state index contributed by atoms with van der Waals surface area (Å²) in [5, 5.41) is 0.181. The van der Waals surface area contributed by atoms with Crippen molar-refractivity contribution in [3.05, 3.63) is 72.0 Å². The van der Waals surface area contributed by atoms with Crippen LogP contribution in [0.25, 0.3) is 0 Å². The second-order valence-electron chi connectivity index (χ2n) is 4.13. The second kappa shape index (κ2) is 11.7. The molecule has 1 aromatic carbocycles. The van der Waals surface area contributed by atoms with E-state index in [9.17, 15) is 0 Å². The van der Waals surface area contributed by atoms with Crippen molar-refractivity contribution < 1.29 is 0 Å². The number of rotatable bonds is 4. The quantitative estimate of drug-likeness (QED) is 0.275. The average Bonchev–Trinajstić information content (AvgIpc) is 2.55. The monoisotopic (exact) mass is 316 g/mol. The summed E-state index contributed by atoms with van der Waals surface area (Å²) >= 11 is 6.07. The molecule has 22 heavy (non-hydrogen) atoms. The van der Waals surface area contributed by atoms with Gasteiger partial charge in [-0.05, 0) is 43.5 Å². The maximum atomic E-state index is 6.07. The maximum Gasteiger partial charge on any atom is 0.223 e. The number of aliphatic imine (C=N–C) groups is 2. The van der Waals surface area contributed by atoms with Crippen LogP contribution in [-0.2, 0) is 0 Å². The first kappa shape index (κ1) is 20.1. The lowest BCUT2D eigenvalue weighted by Crippen LogP contribution is -1.97. The van der Waals surface area contributed by atoms with Gasteiger partial charge in [0, 0.05) is 5.71 Å². The van der Waals surface area contributed by atoms with Crippen LogP contribution in [-0.4, -0.2) is 11.0 Å². The van der Waals surface area contributed by atoms with E-state index in [-0.39, 0.29) is 5.29 Å². The van der Waals surface area contributed by atoms with Gasteiger partial charge < -0.3 is 0 Å². The molecule has 0 heterocycles. The highest BCUT2D eigenvalue weighted by molar-refractivity contribution is 6.65. The number of amidine groups is 1. The molecule has 0 aliphatic carbocycles. The van der Waals surface area contributed by atoms with Gasteiger partial charge in [0.2, 0.25) is 5.29 Å². The molecule has 0 amide bonds. The summed E-state index contributed by atoms with van der Waals surface area (Å²) < 4.78 is 0. The third-order valence-electron chi connectivity index (χ3n) is 2.67. The van der Waals surface area contributed by atoms with Crippen LogP contribution in [0.5, 0.6) is 0 Å². The third kappa shape index (κ3) is 7.19. The van der Waals surface area contributed by atoms with Gasteiger partial charge in [-0.2, -0.15) is 0 Å². The zero-order chi connectivity index (χ0) is 17.0. The van der Waals surface area contributed by atoms with E-state index in [4.69, 9.17) is 11.6 Å². The van der Waals surface area contributed by atoms with Crippen LogP contribution in [0.4, 0.5) is 0 Å². The summed E-state index contributed by atoms with van der Waals surface area (Å²) in [6.07, 6.45) is 5.80. The first-order valence-electron chi connectivity index (χ1n) is 7.41. The number of nitrogens with zero attached hydrogens (tertiary/aromatic N) is 2. The predicted octanol–water partition coefficient (Wildman–Crippen LogP) is 6.15. The topological polar surface area (TPSA) is 24.7 Å². The van der Waals surface area contributed by atoms with Gasteiger partial charge in [-0.25, -0.2) is 9.98 Å². The van der Waals surface area contributed by atoms with Crippen LogP contribution in [0.3, 0.4) is 0 Å². The van der Waals surface area contributed by atoms with Gasteiger partial charge in [0.05, 0.1) is 5.70 Å². The van der Waals surface area contributed by atoms with Crippen LogP contribution in [0, 0.1) is 0 Å². The lowest BCUT2D eigenvalue weighted by molar-refractivity contribution is 1.34. The van der Waals surface area contributed by atoms with E-state index in [1.165, 1.54) is 0 Å². The molecule has 0 N–H and O–H groups in total. The highest BCUT2D eigenvalue weighted by Gasteiger charge is 2.01. The molecule has 0 saturated carbocycles. The summed E-state index contributed by atoms with van der Waals surface area (Å²) in [5.74, 6) is 0. The van der Waals surface area contributed by atoms with Crippen molar-refractivity contribution in [3.8, 4) is 0 Å². The molecule has 0 aliphatic heterocycles. The second-order valence-corrected chi connectivity index (χ2v) is 4.47. The lowest BCUT2D eigenvalue weighted by atomic mass is 10.1. The van der Waals surface area contributed by atoms with E-state index in [1.807, 2.05) is 83.2 Å². The van der Waals surface area contributed by atoms with Crippen LogP contribution in [0.1, 0.15) is 40.2 Å². The number of halogens is 1. The normalized spacial score (nSPS) is 12.9. The molecule has 118 valence electrons. The SMILES string of the molecule is C=C(N=C(Cl)/N=C(\C)c1ccccc1)C(/C=C\C)=C/C.CC. The Morgan fingerprint density at radius 1 is 1.09 bits per heavy atom. The zero-order valence-corrected chi connectivity index (χ0v) is 14.9. The molecular weight excluding hydrogens is 292 g/mol. The first-order chi connectivity index (χ1) is 10.6. The van der Waals surface area contributed by atoms with Gasteiger partial charge in [-0.1, -0.05) is 69.0 Å². The summed E-state index contributed by atoms with van der Waals surface area (Å²) in [6, 6.07) is 9.85. The Labute approximate surface area is 139 Å². The molecular formula is C19H25ClN2. The summed E-state index contributed by atoms with van der Waals surface area (Å²) in [6.45, 7) is 13.7. The minimum Gasteiger partial charge on any atom is -0.223 e. The molecule has 0 bridgehead atoms. The standard InChI is InChI=1S/C17H19ClN2.C2H6/c1-5-10-15(6-2)13(3)19-17(18)20-14(4)16-11-8-7-9-12-16;1-2/h5-12H,3H2,1-2,4H3;1-2H3/b10-5-,15-6+,19-17?,20-14+;. The van der Waals surface area contributed by atoms with Gasteiger partial charge >= 0.3 is 0 Å². The van der Waals surface area contributed by atoms with Crippen molar-refractivity contribution in [2.45, 2.75) is 34.6 Å². The highest BCUT2D eigenvalue weighted by Crippen LogP contribution is 2.13. The number of benzene rings is 1. The lowest BCUT2D eigenvalue weighted by Gasteiger charge is -2.02. The number of allylic oxidation sites excluding steroid dienone is 3. The van der Waals surface area contributed by atoms with Gasteiger partial charge in [0.25, 0.3) is 0 Å². The van der Waals surface area contributed by atoms with Gasteiger partial charge in [-0.15, -0.1) is 0 Å². The third-order valence-corrected chi connectivity index (χ3v) is 2.84. The van der Waals surface area contributed by atoms with Crippen molar-refractivity contribution in [3.63, 3.8) is 0 Å². The van der Waals surface area contributed by atoms with Crippen molar-refractivity contribution >= 4 is 22.6 Å². The first-order valence-corrected chi connectivity index (χ1v) is 7.79. The van der Waals surface area contributed by atoms with E-state index < -0.39 is 0 Å². The molecule has 0 radical (unpaired) electrons. The maximum absolute atomic E-state index is 6.07. The molecule has 1 aromatic rings. The average molecular weight is 317 g/mol. The Kier molecular flexibility index (Phi) is 10.7. The van der Waals surface area contributed by atoms with Gasteiger partial charge in [0.15, 0.2) is 0 Å². The fourth-order valence-corrected chi connectivity index (χ4v) is 1.85. The summed E-state index contributed by atoms with van der Waals surface area (Å²) in [7, 11) is 0. The van der Waals surface area contributed by atoms with Crippen LogP contribution in [0.15, 0.2) is 76.4 Å². The van der Waals surface area contributed by atoms with Crippen molar-refractivity contribution in [2.75, 3.05) is 0 Å². The minimum absolute atomic E-state index is 0.181. The largest absolute Gasteiger partial charge is 0.223 e. The smallest absolute Gasteiger partial charge is 0.223 e. The van der Waals surface area contributed by atoms with Crippen molar-refractivity contribution in [2.24, 2.45) is 9.98 Å². The van der Waals surface area contributed by atoms with E-state index in [0.29, 0.717) is 5.70 Å². The fourth-order valence-electron chi connectivity index (χ4n) is 1.62. The van der Waals surface area contributed by atoms with Gasteiger partial charge in [0.1, 0.15) is 0 Å². The molecule has 0 spiro atoms. The Balaban J connectivity index is 0.00000211. The predicted molar refractivity (Wildman–Crippen MR) is 101 cm³/mol. The highest BCUT2D eigenvalue weighted by atomic mass is 35.5. The van der Waals surface area contributed by atoms with Crippen molar-refractivity contribution in [1.29, 1.82) is 0 Å². The number of hydrogen-bond acceptors (Lipinski definition) is 1. The summed E-state index contributed by atoms with van der Waals surface area (Å²) in [5.41, 5.74) is 3.37. The molecule has 0 aromatic heterocycles. The zero-order valence-electron chi connectivity index (χ0n) is 14.1. The van der Waals surface area contributed by atoms with E-state index >= 15 is 0 Å². The Morgan fingerprint density at radius 2 is 1.68 bits per heavy atom. The van der Waals surface area contributed by atoms with Crippen LogP contribution >= 0.6 is 11.6 Å². The van der Waals surface area contributed by atoms with Crippen LogP contribution < -0.4 is 0 Å². The number of hydrogen-bond donors (Lipinski definition) is 0. The van der Waals surface area contributed by atoms with Crippen molar-refractivity contribution in [1.82, 2.24) is 0 Å². The van der Waals surface area contributed by atoms with E-state index in [0.717, 1.165) is 16.8 Å². The molecule has 3 heteroatoms. The molecule has 0 atom stereocenters. The fraction of sp³-hybridized carbons (Fsp3) is 0.263. The Morgan fingerprint density at radius 3 is 2.18 bits per heavy atom. The Hall–Kier alpha value is -1.93. The molecule has 2 nitrogen and oxygen atoms in total. The van der Waals surface area contributed by atoms with Gasteiger partial charge in [-0.3, -0.25) is 0 Å². The van der Waals surface area contributed by atoms with E-state index in [1.54, 1.807) is 0 Å². The Bertz CT molecular complexity index is 579. The molecule has 0 aliphatic rings. The van der Waals surface area contributed by atoms with E-state index in [2.05, 4.69) is 16.6 Å². The molecule has 0 unspecified atom stereocenters. The minimum atomic E-state index is 0.181. The van der Waals surface area contributed by atoms with Crippen LogP contribution in [0.2, 0.25) is 0 Å². The summed E-state index contributed by atoms with van der Waals surface area (Å²) in [4.78, 5) is 8.50. The molecule has 0 saturated heterocycles. The molecule has 0 fully saturated rings. The molecule has 1 rings (SSSR count).